The van der Waals surface area contributed by atoms with Gasteiger partial charge in [-0.3, -0.25) is 4.79 Å². The van der Waals surface area contributed by atoms with Crippen LogP contribution in [-0.2, 0) is 9.53 Å². The van der Waals surface area contributed by atoms with Gasteiger partial charge in [0.15, 0.2) is 0 Å². The summed E-state index contributed by atoms with van der Waals surface area (Å²) in [6.45, 7) is 0. The number of nitrogens with two attached hydrogens (primary N) is 1. The van der Waals surface area contributed by atoms with E-state index in [1.165, 1.54) is 7.11 Å². The minimum Gasteiger partial charge on any atom is -0.468 e. The third kappa shape index (κ3) is 3.29. The van der Waals surface area contributed by atoms with Gasteiger partial charge in [-0.05, 0) is 17.7 Å². The average Bonchev–Trinajstić information content (AvgIpc) is 2.15. The normalized spacial score (nSPS) is 11.4. The van der Waals surface area contributed by atoms with Gasteiger partial charge in [0.1, 0.15) is 6.04 Å². The molecule has 0 bridgehead atoms. The Labute approximate surface area is 97.2 Å². The summed E-state index contributed by atoms with van der Waals surface area (Å²) in [5.74, 6) is -0.432. The van der Waals surface area contributed by atoms with Crippen molar-refractivity contribution in [1.29, 1.82) is 0 Å². The second-order valence-corrected chi connectivity index (χ2v) is 3.47. The van der Waals surface area contributed by atoms with Gasteiger partial charge < -0.3 is 10.5 Å². The maximum Gasteiger partial charge on any atom is 0.327 e. The van der Waals surface area contributed by atoms with E-state index in [0.717, 1.165) is 10.0 Å². The van der Waals surface area contributed by atoms with Crippen LogP contribution in [0.3, 0.4) is 0 Å². The fraction of sp³-hybridized carbons (Fsp3) is 0.222. The Kier molecular flexibility index (Phi) is 5.76. The number of ether oxygens (including phenoxy) is 1. The second-order valence-electron chi connectivity index (χ2n) is 2.56. The molecule has 1 atom stereocenters. The molecule has 2 N–H and O–H groups in total. The van der Waals surface area contributed by atoms with Crippen LogP contribution in [0.4, 0.5) is 0 Å². The molecule has 14 heavy (non-hydrogen) atoms. The number of esters is 1. The zero-order valence-electron chi connectivity index (χ0n) is 7.57. The molecule has 1 aromatic carbocycles. The van der Waals surface area contributed by atoms with Crippen LogP contribution in [0, 0.1) is 0 Å². The van der Waals surface area contributed by atoms with E-state index in [1.807, 2.05) is 12.1 Å². The molecule has 1 rings (SSSR count). The van der Waals surface area contributed by atoms with Crippen molar-refractivity contribution in [3.63, 3.8) is 0 Å². The van der Waals surface area contributed by atoms with Crippen LogP contribution >= 0.6 is 28.3 Å². The molecule has 0 fully saturated rings. The quantitative estimate of drug-likeness (QED) is 0.844. The van der Waals surface area contributed by atoms with Gasteiger partial charge in [-0.25, -0.2) is 0 Å². The van der Waals surface area contributed by atoms with Gasteiger partial charge in [-0.2, -0.15) is 0 Å². The van der Waals surface area contributed by atoms with Gasteiger partial charge in [0.25, 0.3) is 0 Å². The highest BCUT2D eigenvalue weighted by Gasteiger charge is 2.15. The van der Waals surface area contributed by atoms with E-state index in [4.69, 9.17) is 5.73 Å². The molecule has 0 aliphatic carbocycles. The molecule has 0 amide bonds. The van der Waals surface area contributed by atoms with Crippen LogP contribution in [0.1, 0.15) is 11.6 Å². The minimum atomic E-state index is -0.706. The Morgan fingerprint density at radius 3 is 2.71 bits per heavy atom. The molecule has 0 saturated heterocycles. The van der Waals surface area contributed by atoms with Gasteiger partial charge in [0.2, 0.25) is 0 Å². The molecule has 1 aromatic rings. The van der Waals surface area contributed by atoms with E-state index in [9.17, 15) is 4.79 Å². The number of hydrogen-bond acceptors (Lipinski definition) is 3. The smallest absolute Gasteiger partial charge is 0.327 e. The zero-order chi connectivity index (χ0) is 9.84. The maximum absolute atomic E-state index is 11.1. The average molecular weight is 281 g/mol. The predicted molar refractivity (Wildman–Crippen MR) is 60.3 cm³/mol. The SMILES string of the molecule is COC(=O)[C@H](N)c1cccc(Br)c1.Cl. The predicted octanol–water partition coefficient (Wildman–Crippen LogP) is 2.04. The summed E-state index contributed by atoms with van der Waals surface area (Å²) >= 11 is 3.29. The van der Waals surface area contributed by atoms with Gasteiger partial charge >= 0.3 is 5.97 Å². The first kappa shape index (κ1) is 13.4. The molecule has 0 spiro atoms. The van der Waals surface area contributed by atoms with Crippen molar-refractivity contribution in [2.75, 3.05) is 7.11 Å². The van der Waals surface area contributed by atoms with Gasteiger partial charge in [-0.15, -0.1) is 12.4 Å². The van der Waals surface area contributed by atoms with Crippen molar-refractivity contribution >= 4 is 34.3 Å². The highest BCUT2D eigenvalue weighted by molar-refractivity contribution is 9.10. The molecule has 0 aromatic heterocycles. The first-order chi connectivity index (χ1) is 6.15. The second kappa shape index (κ2) is 6.01. The van der Waals surface area contributed by atoms with Crippen LogP contribution in [0.2, 0.25) is 0 Å². The van der Waals surface area contributed by atoms with E-state index < -0.39 is 12.0 Å². The van der Waals surface area contributed by atoms with Gasteiger partial charge in [0.05, 0.1) is 7.11 Å². The van der Waals surface area contributed by atoms with Crippen molar-refractivity contribution in [3.8, 4) is 0 Å². The summed E-state index contributed by atoms with van der Waals surface area (Å²) < 4.78 is 5.42. The summed E-state index contributed by atoms with van der Waals surface area (Å²) in [4.78, 5) is 11.1. The van der Waals surface area contributed by atoms with E-state index in [2.05, 4.69) is 20.7 Å². The van der Waals surface area contributed by atoms with Crippen LogP contribution in [0.15, 0.2) is 28.7 Å². The third-order valence-electron chi connectivity index (χ3n) is 1.66. The molecule has 0 saturated carbocycles. The van der Waals surface area contributed by atoms with Gasteiger partial charge in [0, 0.05) is 4.47 Å². The van der Waals surface area contributed by atoms with Crippen molar-refractivity contribution in [2.45, 2.75) is 6.04 Å². The number of hydrogen-bond donors (Lipinski definition) is 1. The molecule has 0 radical (unpaired) electrons. The Balaban J connectivity index is 0.00000169. The number of carbonyl (C=O) groups excluding carboxylic acids is 1. The molecule has 3 nitrogen and oxygen atoms in total. The molecule has 0 heterocycles. The lowest BCUT2D eigenvalue weighted by Crippen LogP contribution is -2.22. The molecular weight excluding hydrogens is 269 g/mol. The van der Waals surface area contributed by atoms with Crippen LogP contribution in [-0.4, -0.2) is 13.1 Å². The standard InChI is InChI=1S/C9H10BrNO2.ClH/c1-13-9(12)8(11)6-3-2-4-7(10)5-6;/h2-5,8H,11H2,1H3;1H/t8-;/m1./s1. The fourth-order valence-corrected chi connectivity index (χ4v) is 1.38. The molecule has 5 heteroatoms. The highest BCUT2D eigenvalue weighted by Crippen LogP contribution is 2.17. The Bertz CT molecular complexity index is 319. The maximum atomic E-state index is 11.1. The monoisotopic (exact) mass is 279 g/mol. The molecule has 78 valence electrons. The Hall–Kier alpha value is -0.580. The highest BCUT2D eigenvalue weighted by atomic mass is 79.9. The van der Waals surface area contributed by atoms with Crippen molar-refractivity contribution in [3.05, 3.63) is 34.3 Å². The number of carbonyl (C=O) groups is 1. The van der Waals surface area contributed by atoms with Gasteiger partial charge in [-0.1, -0.05) is 28.1 Å². The largest absolute Gasteiger partial charge is 0.468 e. The molecule has 0 unspecified atom stereocenters. The Morgan fingerprint density at radius 2 is 2.21 bits per heavy atom. The summed E-state index contributed by atoms with van der Waals surface area (Å²) in [5.41, 5.74) is 6.36. The lowest BCUT2D eigenvalue weighted by molar-refractivity contribution is -0.142. The summed E-state index contributed by atoms with van der Waals surface area (Å²) in [6.07, 6.45) is 0. The molecule has 0 aliphatic rings. The number of halogens is 2. The fourth-order valence-electron chi connectivity index (χ4n) is 0.963. The lowest BCUT2D eigenvalue weighted by Gasteiger charge is -2.09. The van der Waals surface area contributed by atoms with Crippen molar-refractivity contribution in [1.82, 2.24) is 0 Å². The summed E-state index contributed by atoms with van der Waals surface area (Å²) in [5, 5.41) is 0. The minimum absolute atomic E-state index is 0. The zero-order valence-corrected chi connectivity index (χ0v) is 9.97. The van der Waals surface area contributed by atoms with E-state index in [-0.39, 0.29) is 12.4 Å². The Morgan fingerprint density at radius 1 is 1.57 bits per heavy atom. The summed E-state index contributed by atoms with van der Waals surface area (Å²) in [6, 6.07) is 6.56. The van der Waals surface area contributed by atoms with E-state index >= 15 is 0 Å². The van der Waals surface area contributed by atoms with Crippen LogP contribution in [0.5, 0.6) is 0 Å². The molecule has 0 aliphatic heterocycles. The van der Waals surface area contributed by atoms with Crippen LogP contribution < -0.4 is 5.73 Å². The van der Waals surface area contributed by atoms with Crippen molar-refractivity contribution < 1.29 is 9.53 Å². The first-order valence-corrected chi connectivity index (χ1v) is 4.53. The van der Waals surface area contributed by atoms with E-state index in [0.29, 0.717) is 0 Å². The third-order valence-corrected chi connectivity index (χ3v) is 2.16. The number of rotatable bonds is 2. The first-order valence-electron chi connectivity index (χ1n) is 3.74. The van der Waals surface area contributed by atoms with Crippen molar-refractivity contribution in [2.24, 2.45) is 5.73 Å². The topological polar surface area (TPSA) is 52.3 Å². The summed E-state index contributed by atoms with van der Waals surface area (Å²) in [7, 11) is 1.32. The number of methoxy groups -OCH3 is 1. The molecular formula is C9H11BrClNO2. The van der Waals surface area contributed by atoms with Crippen LogP contribution in [0.25, 0.3) is 0 Å². The van der Waals surface area contributed by atoms with E-state index in [1.54, 1.807) is 12.1 Å². The lowest BCUT2D eigenvalue weighted by atomic mass is 10.1. The number of benzene rings is 1.